The number of hydrogen-bond acceptors (Lipinski definition) is 3. The third kappa shape index (κ3) is 4.73. The third-order valence-corrected chi connectivity index (χ3v) is 3.44. The van der Waals surface area contributed by atoms with Crippen LogP contribution in [0.2, 0.25) is 0 Å². The zero-order chi connectivity index (χ0) is 14.6. The van der Waals surface area contributed by atoms with Crippen LogP contribution in [0.1, 0.15) is 47.0 Å². The average Bonchev–Trinajstić information content (AvgIpc) is 2.27. The molecule has 1 N–H and O–H groups in total. The lowest BCUT2D eigenvalue weighted by Gasteiger charge is -2.36. The van der Waals surface area contributed by atoms with E-state index in [0.717, 1.165) is 12.8 Å². The molecular weight excluding hydrogens is 246 g/mol. The number of aliphatic carboxylic acids is 1. The van der Waals surface area contributed by atoms with E-state index in [0.29, 0.717) is 19.5 Å². The van der Waals surface area contributed by atoms with Crippen molar-refractivity contribution in [3.8, 4) is 0 Å². The molecule has 1 amide bonds. The Morgan fingerprint density at radius 2 is 2.05 bits per heavy atom. The first-order chi connectivity index (χ1) is 8.74. The predicted molar refractivity (Wildman–Crippen MR) is 71.9 cm³/mol. The largest absolute Gasteiger partial charge is 0.481 e. The number of amides is 1. The second-order valence-electron chi connectivity index (χ2n) is 6.18. The molecule has 2 atom stereocenters. The molecule has 0 radical (unpaired) electrons. The van der Waals surface area contributed by atoms with Crippen LogP contribution in [0.4, 0.5) is 4.79 Å². The summed E-state index contributed by atoms with van der Waals surface area (Å²) in [4.78, 5) is 24.8. The van der Waals surface area contributed by atoms with E-state index < -0.39 is 11.6 Å². The molecule has 1 aliphatic rings. The number of carboxylic acids is 1. The van der Waals surface area contributed by atoms with Crippen LogP contribution in [-0.2, 0) is 9.53 Å². The van der Waals surface area contributed by atoms with Gasteiger partial charge in [0.15, 0.2) is 0 Å². The van der Waals surface area contributed by atoms with Crippen molar-refractivity contribution in [1.82, 2.24) is 4.90 Å². The Morgan fingerprint density at radius 3 is 2.53 bits per heavy atom. The average molecular weight is 271 g/mol. The molecule has 1 saturated heterocycles. The summed E-state index contributed by atoms with van der Waals surface area (Å²) >= 11 is 0. The molecule has 0 aromatic heterocycles. The van der Waals surface area contributed by atoms with E-state index >= 15 is 0 Å². The maximum Gasteiger partial charge on any atom is 0.410 e. The van der Waals surface area contributed by atoms with Gasteiger partial charge in [-0.05, 0) is 46.0 Å². The summed E-state index contributed by atoms with van der Waals surface area (Å²) in [6, 6.07) is 0. The normalized spacial score (nSPS) is 21.9. The van der Waals surface area contributed by atoms with Gasteiger partial charge >= 0.3 is 12.1 Å². The molecule has 19 heavy (non-hydrogen) atoms. The Labute approximate surface area is 114 Å². The van der Waals surface area contributed by atoms with Crippen LogP contribution in [0.15, 0.2) is 0 Å². The molecule has 0 saturated carbocycles. The molecule has 110 valence electrons. The lowest BCUT2D eigenvalue weighted by Crippen LogP contribution is -2.45. The highest BCUT2D eigenvalue weighted by Crippen LogP contribution is 2.27. The van der Waals surface area contributed by atoms with Crippen molar-refractivity contribution < 1.29 is 19.4 Å². The summed E-state index contributed by atoms with van der Waals surface area (Å²) in [5, 5.41) is 9.20. The molecule has 1 fully saturated rings. The SMILES string of the molecule is CCC(C(=O)O)[C@H]1CCCN(C(=O)OC(C)(C)C)C1. The summed E-state index contributed by atoms with van der Waals surface area (Å²) < 4.78 is 5.34. The van der Waals surface area contributed by atoms with Crippen LogP contribution in [0.5, 0.6) is 0 Å². The molecular formula is C14H25NO4. The first kappa shape index (κ1) is 15.8. The van der Waals surface area contributed by atoms with Crippen molar-refractivity contribution in [2.75, 3.05) is 13.1 Å². The second kappa shape index (κ2) is 6.26. The second-order valence-corrected chi connectivity index (χ2v) is 6.18. The van der Waals surface area contributed by atoms with Gasteiger partial charge in [0.25, 0.3) is 0 Å². The van der Waals surface area contributed by atoms with E-state index in [-0.39, 0.29) is 17.9 Å². The smallest absolute Gasteiger partial charge is 0.410 e. The highest BCUT2D eigenvalue weighted by molar-refractivity contribution is 5.71. The Balaban J connectivity index is 2.64. The minimum absolute atomic E-state index is 0.0313. The number of piperidine rings is 1. The van der Waals surface area contributed by atoms with Crippen LogP contribution in [0, 0.1) is 11.8 Å². The third-order valence-electron chi connectivity index (χ3n) is 3.44. The van der Waals surface area contributed by atoms with Gasteiger partial charge in [-0.25, -0.2) is 4.79 Å². The molecule has 0 aromatic rings. The Kier molecular flexibility index (Phi) is 5.20. The van der Waals surface area contributed by atoms with Crippen molar-refractivity contribution >= 4 is 12.1 Å². The van der Waals surface area contributed by atoms with Crippen molar-refractivity contribution in [2.24, 2.45) is 11.8 Å². The van der Waals surface area contributed by atoms with Gasteiger partial charge in [-0.1, -0.05) is 6.92 Å². The van der Waals surface area contributed by atoms with Gasteiger partial charge in [0.1, 0.15) is 5.60 Å². The number of rotatable bonds is 3. The monoisotopic (exact) mass is 271 g/mol. The molecule has 5 nitrogen and oxygen atoms in total. The Morgan fingerprint density at radius 1 is 1.42 bits per heavy atom. The highest BCUT2D eigenvalue weighted by Gasteiger charge is 2.33. The molecule has 1 heterocycles. The zero-order valence-electron chi connectivity index (χ0n) is 12.3. The van der Waals surface area contributed by atoms with Gasteiger partial charge in [-0.2, -0.15) is 0 Å². The molecule has 0 bridgehead atoms. The Hall–Kier alpha value is -1.26. The lowest BCUT2D eigenvalue weighted by molar-refractivity contribution is -0.144. The van der Waals surface area contributed by atoms with Gasteiger partial charge in [-0.15, -0.1) is 0 Å². The van der Waals surface area contributed by atoms with E-state index in [1.807, 2.05) is 27.7 Å². The maximum absolute atomic E-state index is 12.0. The number of carboxylic acid groups (broad SMARTS) is 1. The molecule has 1 unspecified atom stereocenters. The quantitative estimate of drug-likeness (QED) is 0.857. The van der Waals surface area contributed by atoms with Gasteiger partial charge in [0.2, 0.25) is 0 Å². The topological polar surface area (TPSA) is 66.8 Å². The molecule has 1 aliphatic heterocycles. The number of hydrogen-bond donors (Lipinski definition) is 1. The first-order valence-electron chi connectivity index (χ1n) is 6.95. The van der Waals surface area contributed by atoms with Gasteiger partial charge in [0, 0.05) is 13.1 Å². The molecule has 1 rings (SSSR count). The minimum Gasteiger partial charge on any atom is -0.481 e. The van der Waals surface area contributed by atoms with Gasteiger partial charge < -0.3 is 14.7 Å². The summed E-state index contributed by atoms with van der Waals surface area (Å²) in [7, 11) is 0. The van der Waals surface area contributed by atoms with Crippen molar-refractivity contribution in [2.45, 2.75) is 52.6 Å². The van der Waals surface area contributed by atoms with Crippen molar-refractivity contribution in [1.29, 1.82) is 0 Å². The summed E-state index contributed by atoms with van der Waals surface area (Å²) in [6.45, 7) is 8.52. The van der Waals surface area contributed by atoms with Crippen LogP contribution in [0.25, 0.3) is 0 Å². The molecule has 5 heteroatoms. The van der Waals surface area contributed by atoms with E-state index in [9.17, 15) is 14.7 Å². The van der Waals surface area contributed by atoms with E-state index in [2.05, 4.69) is 0 Å². The van der Waals surface area contributed by atoms with E-state index in [4.69, 9.17) is 4.74 Å². The fraction of sp³-hybridized carbons (Fsp3) is 0.857. The number of likely N-dealkylation sites (tertiary alicyclic amines) is 1. The minimum atomic E-state index is -0.765. The van der Waals surface area contributed by atoms with Crippen LogP contribution >= 0.6 is 0 Å². The van der Waals surface area contributed by atoms with Crippen LogP contribution in [-0.4, -0.2) is 40.8 Å². The fourth-order valence-corrected chi connectivity index (χ4v) is 2.54. The summed E-state index contributed by atoms with van der Waals surface area (Å²) in [5.41, 5.74) is -0.513. The molecule has 0 aliphatic carbocycles. The van der Waals surface area contributed by atoms with Crippen LogP contribution < -0.4 is 0 Å². The highest BCUT2D eigenvalue weighted by atomic mass is 16.6. The standard InChI is InChI=1S/C14H25NO4/c1-5-11(12(16)17)10-7-6-8-15(9-10)13(18)19-14(2,3)4/h10-11H,5-9H2,1-4H3,(H,16,17)/t10-,11?/m0/s1. The lowest BCUT2D eigenvalue weighted by atomic mass is 9.84. The number of ether oxygens (including phenoxy) is 1. The fourth-order valence-electron chi connectivity index (χ4n) is 2.54. The van der Waals surface area contributed by atoms with E-state index in [1.165, 1.54) is 0 Å². The zero-order valence-corrected chi connectivity index (χ0v) is 12.3. The molecule has 0 spiro atoms. The summed E-state index contributed by atoms with van der Waals surface area (Å²) in [5.74, 6) is -1.10. The Bertz CT molecular complexity index is 335. The number of carbonyl (C=O) groups excluding carboxylic acids is 1. The first-order valence-corrected chi connectivity index (χ1v) is 6.95. The van der Waals surface area contributed by atoms with Crippen molar-refractivity contribution in [3.05, 3.63) is 0 Å². The predicted octanol–water partition coefficient (Wildman–Crippen LogP) is 2.74. The van der Waals surface area contributed by atoms with Gasteiger partial charge in [0.05, 0.1) is 5.92 Å². The number of carbonyl (C=O) groups is 2. The van der Waals surface area contributed by atoms with Gasteiger partial charge in [-0.3, -0.25) is 4.79 Å². The summed E-state index contributed by atoms with van der Waals surface area (Å²) in [6.07, 6.45) is 1.97. The maximum atomic E-state index is 12.0. The molecule has 0 aromatic carbocycles. The van der Waals surface area contributed by atoms with E-state index in [1.54, 1.807) is 4.90 Å². The van der Waals surface area contributed by atoms with Crippen LogP contribution in [0.3, 0.4) is 0 Å². The van der Waals surface area contributed by atoms with Crippen molar-refractivity contribution in [3.63, 3.8) is 0 Å². The number of nitrogens with zero attached hydrogens (tertiary/aromatic N) is 1.